The van der Waals surface area contributed by atoms with Crippen molar-refractivity contribution < 1.29 is 28.6 Å². The first-order valence-electron chi connectivity index (χ1n) is 31.9. The molecule has 0 saturated heterocycles. The van der Waals surface area contributed by atoms with Gasteiger partial charge in [0.25, 0.3) is 0 Å². The van der Waals surface area contributed by atoms with E-state index in [2.05, 4.69) is 130 Å². The monoisotopic (exact) mass is 1050 g/mol. The second-order valence-corrected chi connectivity index (χ2v) is 20.9. The lowest BCUT2D eigenvalue weighted by molar-refractivity contribution is -0.167. The lowest BCUT2D eigenvalue weighted by Crippen LogP contribution is -2.30. The Bertz CT molecular complexity index is 1540. The van der Waals surface area contributed by atoms with Crippen LogP contribution in [-0.4, -0.2) is 37.2 Å². The number of esters is 3. The molecule has 0 aromatic heterocycles. The summed E-state index contributed by atoms with van der Waals surface area (Å²) in [7, 11) is 0. The van der Waals surface area contributed by atoms with E-state index in [1.54, 1.807) is 0 Å². The quantitative estimate of drug-likeness (QED) is 0.0261. The van der Waals surface area contributed by atoms with Gasteiger partial charge in [-0.2, -0.15) is 0 Å². The van der Waals surface area contributed by atoms with E-state index in [-0.39, 0.29) is 31.1 Å². The Balaban J connectivity index is 4.32. The third-order valence-electron chi connectivity index (χ3n) is 13.5. The zero-order chi connectivity index (χ0) is 55.0. The molecule has 0 aliphatic rings. The van der Waals surface area contributed by atoms with Crippen LogP contribution in [0.15, 0.2) is 109 Å². The topological polar surface area (TPSA) is 78.9 Å². The molecule has 76 heavy (non-hydrogen) atoms. The molecule has 1 atom stereocenters. The van der Waals surface area contributed by atoms with Crippen molar-refractivity contribution in [1.29, 1.82) is 0 Å². The Labute approximate surface area is 470 Å². The third kappa shape index (κ3) is 60.9. The van der Waals surface area contributed by atoms with Gasteiger partial charge in [-0.3, -0.25) is 14.4 Å². The van der Waals surface area contributed by atoms with Crippen LogP contribution < -0.4 is 0 Å². The van der Waals surface area contributed by atoms with Gasteiger partial charge in [-0.25, -0.2) is 0 Å². The molecule has 0 aromatic carbocycles. The van der Waals surface area contributed by atoms with Crippen LogP contribution in [0.2, 0.25) is 0 Å². The van der Waals surface area contributed by atoms with Crippen LogP contribution in [-0.2, 0) is 28.6 Å². The van der Waals surface area contributed by atoms with Gasteiger partial charge in [-0.05, 0) is 103 Å². The van der Waals surface area contributed by atoms with Gasteiger partial charge in [0.2, 0.25) is 0 Å². The average Bonchev–Trinajstić information content (AvgIpc) is 3.42. The standard InChI is InChI=1S/C70H118O6/c1-4-7-10-13-16-19-22-25-27-29-30-31-32-33-34-35-36-37-38-39-40-41-43-45-48-51-54-57-60-63-69(72)75-66-67(65-74-68(71)62-59-56-53-50-47-44-24-21-18-15-12-9-6-3)76-70(73)64-61-58-55-52-49-46-42-28-26-23-20-17-14-11-8-5-2/h7,10,12,15-16,19,21,24-25,27,30-31,33-34,36-37,39-40,67H,4-6,8-9,11,13-14,17-18,20,22-23,26,28-29,32,35,38,41-66H2,1-3H3/b10-7-,15-12-,19-16-,24-21-,27-25-,31-30-,34-33-,37-36-,40-39-. The molecular formula is C70H118O6. The summed E-state index contributed by atoms with van der Waals surface area (Å²) in [5.41, 5.74) is 0. The highest BCUT2D eigenvalue weighted by atomic mass is 16.6. The molecule has 6 nitrogen and oxygen atoms in total. The summed E-state index contributed by atoms with van der Waals surface area (Å²) in [5.74, 6) is -0.903. The Morgan fingerprint density at radius 1 is 0.276 bits per heavy atom. The summed E-state index contributed by atoms with van der Waals surface area (Å²) in [6.07, 6.45) is 86.6. The summed E-state index contributed by atoms with van der Waals surface area (Å²) in [6.45, 7) is 6.46. The Morgan fingerprint density at radius 2 is 0.539 bits per heavy atom. The summed E-state index contributed by atoms with van der Waals surface area (Å²) in [4.78, 5) is 38.3. The Morgan fingerprint density at radius 3 is 0.855 bits per heavy atom. The molecule has 0 rings (SSSR count). The molecule has 0 aromatic rings. The minimum atomic E-state index is -0.789. The number of carbonyl (C=O) groups is 3. The third-order valence-corrected chi connectivity index (χ3v) is 13.5. The van der Waals surface area contributed by atoms with E-state index in [1.165, 1.54) is 116 Å². The molecule has 0 aliphatic carbocycles. The molecule has 0 N–H and O–H groups in total. The number of hydrogen-bond donors (Lipinski definition) is 0. The Hall–Kier alpha value is -3.93. The average molecular weight is 1060 g/mol. The van der Waals surface area contributed by atoms with E-state index >= 15 is 0 Å². The number of allylic oxidation sites excluding steroid dienone is 18. The molecule has 0 radical (unpaired) electrons. The summed E-state index contributed by atoms with van der Waals surface area (Å²) in [5, 5.41) is 0. The normalized spacial score (nSPS) is 12.8. The number of unbranched alkanes of at least 4 members (excludes halogenated alkanes) is 28. The molecule has 434 valence electrons. The predicted molar refractivity (Wildman–Crippen MR) is 330 cm³/mol. The molecule has 6 heteroatoms. The van der Waals surface area contributed by atoms with Crippen LogP contribution in [0.1, 0.15) is 297 Å². The number of hydrogen-bond acceptors (Lipinski definition) is 6. The van der Waals surface area contributed by atoms with E-state index in [0.29, 0.717) is 19.3 Å². The molecule has 0 spiro atoms. The maximum Gasteiger partial charge on any atom is 0.306 e. The molecule has 0 fully saturated rings. The molecule has 0 saturated carbocycles. The zero-order valence-electron chi connectivity index (χ0n) is 49.7. The molecule has 0 amide bonds. The van der Waals surface area contributed by atoms with Crippen molar-refractivity contribution in [1.82, 2.24) is 0 Å². The van der Waals surface area contributed by atoms with Crippen LogP contribution in [0.5, 0.6) is 0 Å². The number of carbonyl (C=O) groups excluding carboxylic acids is 3. The van der Waals surface area contributed by atoms with Crippen molar-refractivity contribution in [3.05, 3.63) is 109 Å². The minimum Gasteiger partial charge on any atom is -0.462 e. The highest BCUT2D eigenvalue weighted by molar-refractivity contribution is 5.71. The van der Waals surface area contributed by atoms with Gasteiger partial charge < -0.3 is 14.2 Å². The SMILES string of the molecule is CC/C=C\C/C=C\C/C=C\C/C=C\C/C=C\C/C=C\C/C=C\CCCCCCCCCC(=O)OCC(COC(=O)CCCCCCC/C=C\C/C=C\CCC)OC(=O)CCCCCCCCCCCCCCCCCC. The fraction of sp³-hybridized carbons (Fsp3) is 0.700. The molecule has 1 unspecified atom stereocenters. The van der Waals surface area contributed by atoms with Crippen molar-refractivity contribution in [3.63, 3.8) is 0 Å². The second kappa shape index (κ2) is 63.6. The zero-order valence-corrected chi connectivity index (χ0v) is 49.7. The van der Waals surface area contributed by atoms with E-state index in [4.69, 9.17) is 14.2 Å². The maximum atomic E-state index is 12.9. The van der Waals surface area contributed by atoms with Crippen molar-refractivity contribution in [2.45, 2.75) is 303 Å². The fourth-order valence-corrected chi connectivity index (χ4v) is 8.76. The van der Waals surface area contributed by atoms with Gasteiger partial charge in [0.1, 0.15) is 13.2 Å². The van der Waals surface area contributed by atoms with Crippen LogP contribution in [0.4, 0.5) is 0 Å². The molecular weight excluding hydrogens is 937 g/mol. The van der Waals surface area contributed by atoms with E-state index in [1.807, 2.05) is 0 Å². The highest BCUT2D eigenvalue weighted by Crippen LogP contribution is 2.16. The second-order valence-electron chi connectivity index (χ2n) is 20.9. The van der Waals surface area contributed by atoms with E-state index < -0.39 is 6.10 Å². The maximum absolute atomic E-state index is 12.9. The molecule has 0 aliphatic heterocycles. The van der Waals surface area contributed by atoms with Crippen LogP contribution >= 0.6 is 0 Å². The van der Waals surface area contributed by atoms with Crippen molar-refractivity contribution >= 4 is 17.9 Å². The van der Waals surface area contributed by atoms with Crippen molar-refractivity contribution in [2.75, 3.05) is 13.2 Å². The number of rotatable bonds is 57. The first kappa shape index (κ1) is 72.1. The van der Waals surface area contributed by atoms with Gasteiger partial charge in [0.05, 0.1) is 0 Å². The summed E-state index contributed by atoms with van der Waals surface area (Å²) < 4.78 is 16.9. The minimum absolute atomic E-state index is 0.0872. The first-order valence-corrected chi connectivity index (χ1v) is 31.9. The van der Waals surface area contributed by atoms with Crippen molar-refractivity contribution in [2.24, 2.45) is 0 Å². The van der Waals surface area contributed by atoms with Crippen LogP contribution in [0, 0.1) is 0 Å². The fourth-order valence-electron chi connectivity index (χ4n) is 8.76. The van der Waals surface area contributed by atoms with Gasteiger partial charge in [-0.1, -0.05) is 284 Å². The van der Waals surface area contributed by atoms with Gasteiger partial charge in [0.15, 0.2) is 6.10 Å². The molecule has 0 bridgehead atoms. The number of ether oxygens (including phenoxy) is 3. The van der Waals surface area contributed by atoms with Crippen LogP contribution in [0.25, 0.3) is 0 Å². The largest absolute Gasteiger partial charge is 0.462 e. The van der Waals surface area contributed by atoms with E-state index in [0.717, 1.165) is 141 Å². The van der Waals surface area contributed by atoms with Gasteiger partial charge >= 0.3 is 17.9 Å². The smallest absolute Gasteiger partial charge is 0.306 e. The summed E-state index contributed by atoms with van der Waals surface area (Å²) in [6, 6.07) is 0. The lowest BCUT2D eigenvalue weighted by atomic mass is 10.0. The highest BCUT2D eigenvalue weighted by Gasteiger charge is 2.19. The van der Waals surface area contributed by atoms with E-state index in [9.17, 15) is 14.4 Å². The Kier molecular flexibility index (Phi) is 60.3. The lowest BCUT2D eigenvalue weighted by Gasteiger charge is -2.18. The predicted octanol–water partition coefficient (Wildman–Crippen LogP) is 21.8. The van der Waals surface area contributed by atoms with Crippen LogP contribution in [0.3, 0.4) is 0 Å². The summed E-state index contributed by atoms with van der Waals surface area (Å²) >= 11 is 0. The van der Waals surface area contributed by atoms with Gasteiger partial charge in [-0.15, -0.1) is 0 Å². The molecule has 0 heterocycles. The van der Waals surface area contributed by atoms with Gasteiger partial charge in [0, 0.05) is 19.3 Å². The van der Waals surface area contributed by atoms with Crippen molar-refractivity contribution in [3.8, 4) is 0 Å². The first-order chi connectivity index (χ1) is 37.5.